The van der Waals surface area contributed by atoms with Crippen LogP contribution in [0.3, 0.4) is 0 Å². The van der Waals surface area contributed by atoms with Crippen molar-refractivity contribution in [2.45, 2.75) is 18.9 Å². The van der Waals surface area contributed by atoms with E-state index in [0.29, 0.717) is 6.54 Å². The molecule has 0 unspecified atom stereocenters. The van der Waals surface area contributed by atoms with Gasteiger partial charge in [0, 0.05) is 44.7 Å². The van der Waals surface area contributed by atoms with Crippen molar-refractivity contribution in [2.24, 2.45) is 0 Å². The summed E-state index contributed by atoms with van der Waals surface area (Å²) >= 11 is 0. The zero-order valence-electron chi connectivity index (χ0n) is 12.6. The summed E-state index contributed by atoms with van der Waals surface area (Å²) in [5, 5.41) is 2.19. The highest BCUT2D eigenvalue weighted by Crippen LogP contribution is 2.20. The van der Waals surface area contributed by atoms with E-state index in [1.54, 1.807) is 7.11 Å². The first-order valence-electron chi connectivity index (χ1n) is 7.76. The van der Waals surface area contributed by atoms with E-state index in [0.717, 1.165) is 38.0 Å². The van der Waals surface area contributed by atoms with Gasteiger partial charge in [-0.25, -0.2) is 0 Å². The molecule has 1 saturated heterocycles. The summed E-state index contributed by atoms with van der Waals surface area (Å²) in [6.45, 7) is 4.07. The second-order valence-corrected chi connectivity index (χ2v) is 5.84. The molecule has 1 saturated carbocycles. The number of benzene rings is 1. The molecular weight excluding hydrogens is 266 g/mol. The molecule has 3 rings (SSSR count). The van der Waals surface area contributed by atoms with Crippen molar-refractivity contribution >= 4 is 11.6 Å². The van der Waals surface area contributed by atoms with Gasteiger partial charge in [0.25, 0.3) is 5.91 Å². The summed E-state index contributed by atoms with van der Waals surface area (Å²) in [5.74, 6) is 1.17. The lowest BCUT2D eigenvalue weighted by molar-refractivity contribution is -0.658. The highest BCUT2D eigenvalue weighted by molar-refractivity contribution is 5.77. The number of anilines is 1. The second-order valence-electron chi connectivity index (χ2n) is 5.84. The number of nitrogens with two attached hydrogens (primary N) is 1. The first-order valence-corrected chi connectivity index (χ1v) is 7.76. The van der Waals surface area contributed by atoms with Gasteiger partial charge in [-0.15, -0.1) is 0 Å². The van der Waals surface area contributed by atoms with Crippen LogP contribution in [-0.2, 0) is 4.79 Å². The van der Waals surface area contributed by atoms with Gasteiger partial charge in [0.2, 0.25) is 0 Å². The lowest BCUT2D eigenvalue weighted by atomic mass is 10.2. The van der Waals surface area contributed by atoms with Crippen LogP contribution >= 0.6 is 0 Å². The van der Waals surface area contributed by atoms with Crippen LogP contribution in [0, 0.1) is 0 Å². The maximum Gasteiger partial charge on any atom is 0.277 e. The summed E-state index contributed by atoms with van der Waals surface area (Å²) in [6, 6.07) is 8.85. The van der Waals surface area contributed by atoms with Crippen LogP contribution in [0.15, 0.2) is 24.3 Å². The van der Waals surface area contributed by atoms with Crippen molar-refractivity contribution in [1.82, 2.24) is 4.90 Å². The minimum atomic E-state index is 0.288. The fourth-order valence-corrected chi connectivity index (χ4v) is 2.74. The number of rotatable bonds is 5. The van der Waals surface area contributed by atoms with Crippen molar-refractivity contribution in [3.8, 4) is 5.75 Å². The van der Waals surface area contributed by atoms with E-state index in [1.807, 2.05) is 17.0 Å². The highest BCUT2D eigenvalue weighted by Gasteiger charge is 2.28. The van der Waals surface area contributed by atoms with Gasteiger partial charge in [0.15, 0.2) is 6.54 Å². The topological polar surface area (TPSA) is 49.4 Å². The maximum atomic E-state index is 12.1. The molecule has 5 nitrogen and oxygen atoms in total. The number of ether oxygens (including phenoxy) is 1. The minimum Gasteiger partial charge on any atom is -0.497 e. The summed E-state index contributed by atoms with van der Waals surface area (Å²) in [5.41, 5.74) is 1.20. The molecule has 0 radical (unpaired) electrons. The zero-order chi connectivity index (χ0) is 14.7. The lowest BCUT2D eigenvalue weighted by Gasteiger charge is -2.35. The van der Waals surface area contributed by atoms with E-state index in [1.165, 1.54) is 18.5 Å². The number of hydrogen-bond donors (Lipinski definition) is 1. The molecule has 5 heteroatoms. The molecule has 1 aromatic rings. The van der Waals surface area contributed by atoms with E-state index in [4.69, 9.17) is 4.74 Å². The fraction of sp³-hybridized carbons (Fsp3) is 0.562. The molecule has 114 valence electrons. The van der Waals surface area contributed by atoms with E-state index >= 15 is 0 Å². The Bertz CT molecular complexity index is 477. The molecule has 1 aliphatic heterocycles. The molecule has 1 aliphatic carbocycles. The van der Waals surface area contributed by atoms with Crippen LogP contribution in [0.1, 0.15) is 12.8 Å². The molecular formula is C16H24N3O2+. The van der Waals surface area contributed by atoms with Gasteiger partial charge in [-0.3, -0.25) is 4.79 Å². The fourth-order valence-electron chi connectivity index (χ4n) is 2.74. The number of hydrogen-bond acceptors (Lipinski definition) is 3. The van der Waals surface area contributed by atoms with Crippen LogP contribution in [0.25, 0.3) is 0 Å². The second kappa shape index (κ2) is 6.35. The standard InChI is InChI=1S/C16H23N3O2/c1-21-15-6-4-14(5-7-15)18-8-10-19(11-9-18)16(20)12-17-13-2-3-13/h4-7,13,17H,2-3,8-12H2,1H3/p+1. The molecule has 2 aliphatic rings. The number of carbonyl (C=O) groups is 1. The van der Waals surface area contributed by atoms with Gasteiger partial charge in [-0.1, -0.05) is 0 Å². The number of piperazine rings is 1. The minimum absolute atomic E-state index is 0.288. The van der Waals surface area contributed by atoms with Crippen molar-refractivity contribution in [3.05, 3.63) is 24.3 Å². The Morgan fingerprint density at radius 1 is 1.19 bits per heavy atom. The van der Waals surface area contributed by atoms with Crippen LogP contribution in [-0.4, -0.2) is 56.7 Å². The van der Waals surface area contributed by atoms with Crippen LogP contribution < -0.4 is 15.0 Å². The van der Waals surface area contributed by atoms with Gasteiger partial charge in [0.05, 0.1) is 13.2 Å². The summed E-state index contributed by atoms with van der Waals surface area (Å²) in [7, 11) is 1.68. The van der Waals surface area contributed by atoms with Gasteiger partial charge < -0.3 is 19.9 Å². The summed E-state index contributed by atoms with van der Waals surface area (Å²) in [4.78, 5) is 16.4. The average molecular weight is 290 g/mol. The Kier molecular flexibility index (Phi) is 4.29. The SMILES string of the molecule is COc1ccc(N2CCN(C(=O)C[NH2+]C3CC3)CC2)cc1. The molecule has 21 heavy (non-hydrogen) atoms. The number of nitrogens with zero attached hydrogens (tertiary/aromatic N) is 2. The van der Waals surface area contributed by atoms with E-state index in [2.05, 4.69) is 22.3 Å². The van der Waals surface area contributed by atoms with Crippen molar-refractivity contribution < 1.29 is 14.8 Å². The molecule has 0 spiro atoms. The third-order valence-corrected chi connectivity index (χ3v) is 4.32. The third kappa shape index (κ3) is 3.67. The van der Waals surface area contributed by atoms with Gasteiger partial charge in [0.1, 0.15) is 5.75 Å². The van der Waals surface area contributed by atoms with Crippen molar-refractivity contribution in [3.63, 3.8) is 0 Å². The number of quaternary nitrogens is 1. The van der Waals surface area contributed by atoms with Gasteiger partial charge in [-0.2, -0.15) is 0 Å². The Morgan fingerprint density at radius 3 is 2.43 bits per heavy atom. The molecule has 0 aromatic heterocycles. The van der Waals surface area contributed by atoms with Crippen LogP contribution in [0.4, 0.5) is 5.69 Å². The van der Waals surface area contributed by atoms with E-state index in [-0.39, 0.29) is 5.91 Å². The molecule has 2 fully saturated rings. The smallest absolute Gasteiger partial charge is 0.277 e. The molecule has 0 atom stereocenters. The van der Waals surface area contributed by atoms with Crippen LogP contribution in [0.5, 0.6) is 5.75 Å². The Hall–Kier alpha value is -1.75. The number of amides is 1. The Morgan fingerprint density at radius 2 is 1.86 bits per heavy atom. The molecule has 1 amide bonds. The normalized spacial score (nSPS) is 18.7. The summed E-state index contributed by atoms with van der Waals surface area (Å²) < 4.78 is 5.18. The van der Waals surface area contributed by atoms with Crippen molar-refractivity contribution in [1.29, 1.82) is 0 Å². The van der Waals surface area contributed by atoms with Crippen molar-refractivity contribution in [2.75, 3.05) is 44.7 Å². The van der Waals surface area contributed by atoms with Crippen LogP contribution in [0.2, 0.25) is 0 Å². The first kappa shape index (κ1) is 14.2. The lowest BCUT2D eigenvalue weighted by Crippen LogP contribution is -2.88. The quantitative estimate of drug-likeness (QED) is 0.835. The number of methoxy groups -OCH3 is 1. The Labute approximate surface area is 125 Å². The maximum absolute atomic E-state index is 12.1. The molecule has 0 bridgehead atoms. The summed E-state index contributed by atoms with van der Waals surface area (Å²) in [6.07, 6.45) is 2.55. The monoisotopic (exact) mass is 290 g/mol. The molecule has 1 aromatic carbocycles. The van der Waals surface area contributed by atoms with E-state index in [9.17, 15) is 4.79 Å². The predicted octanol–water partition coefficient (Wildman–Crippen LogP) is 0.0696. The van der Waals surface area contributed by atoms with Gasteiger partial charge in [-0.05, 0) is 24.3 Å². The third-order valence-electron chi connectivity index (χ3n) is 4.32. The highest BCUT2D eigenvalue weighted by atomic mass is 16.5. The Balaban J connectivity index is 1.48. The number of carbonyl (C=O) groups excluding carboxylic acids is 1. The van der Waals surface area contributed by atoms with Gasteiger partial charge >= 0.3 is 0 Å². The largest absolute Gasteiger partial charge is 0.497 e. The first-order chi connectivity index (χ1) is 10.3. The average Bonchev–Trinajstić information content (AvgIpc) is 3.37. The molecule has 2 N–H and O–H groups in total. The predicted molar refractivity (Wildman–Crippen MR) is 81.6 cm³/mol. The zero-order valence-corrected chi connectivity index (χ0v) is 12.6. The molecule has 1 heterocycles. The van der Waals surface area contributed by atoms with E-state index < -0.39 is 0 Å².